The molecule has 1 aromatic carbocycles. The number of nitrogens with zero attached hydrogens (tertiary/aromatic N) is 2. The summed E-state index contributed by atoms with van der Waals surface area (Å²) >= 11 is 0. The normalized spacial score (nSPS) is 23.9. The van der Waals surface area contributed by atoms with Crippen LogP contribution in [0.2, 0.25) is 0 Å². The maximum atomic E-state index is 12.5. The van der Waals surface area contributed by atoms with E-state index in [1.54, 1.807) is 0 Å². The molecule has 1 atom stereocenters. The van der Waals surface area contributed by atoms with Gasteiger partial charge < -0.3 is 9.32 Å². The maximum absolute atomic E-state index is 12.5. The summed E-state index contributed by atoms with van der Waals surface area (Å²) in [7, 11) is 0. The number of piperidine rings is 2. The van der Waals surface area contributed by atoms with Crippen molar-refractivity contribution in [2.75, 3.05) is 26.2 Å². The standard InChI is InChI=1S/C23H30N2O2/c1-19-8-9-21(27-19)16-24-14-5-12-23(17-24)13-10-22(26)25(18-23)15-11-20-6-3-2-4-7-20/h2-4,6-9H,5,10-18H2,1H3/t23-/m0/s1. The molecule has 27 heavy (non-hydrogen) atoms. The summed E-state index contributed by atoms with van der Waals surface area (Å²) in [6.07, 6.45) is 5.11. The molecule has 2 saturated heterocycles. The van der Waals surface area contributed by atoms with Crippen LogP contribution in [0, 0.1) is 12.3 Å². The third kappa shape index (κ3) is 4.44. The number of furan rings is 1. The molecule has 4 rings (SSSR count). The molecule has 2 fully saturated rings. The Balaban J connectivity index is 1.38. The van der Waals surface area contributed by atoms with Crippen LogP contribution < -0.4 is 0 Å². The van der Waals surface area contributed by atoms with Gasteiger partial charge in [0.15, 0.2) is 0 Å². The van der Waals surface area contributed by atoms with Crippen LogP contribution in [-0.4, -0.2) is 41.9 Å². The van der Waals surface area contributed by atoms with E-state index >= 15 is 0 Å². The van der Waals surface area contributed by atoms with Gasteiger partial charge in [0.1, 0.15) is 11.5 Å². The van der Waals surface area contributed by atoms with Gasteiger partial charge >= 0.3 is 0 Å². The van der Waals surface area contributed by atoms with Crippen LogP contribution in [0.3, 0.4) is 0 Å². The zero-order valence-corrected chi connectivity index (χ0v) is 16.3. The van der Waals surface area contributed by atoms with Crippen molar-refractivity contribution < 1.29 is 9.21 Å². The Morgan fingerprint density at radius 3 is 2.70 bits per heavy atom. The van der Waals surface area contributed by atoms with Crippen LogP contribution in [0.5, 0.6) is 0 Å². The fraction of sp³-hybridized carbons (Fsp3) is 0.522. The summed E-state index contributed by atoms with van der Waals surface area (Å²) in [5, 5.41) is 0. The van der Waals surface area contributed by atoms with Crippen LogP contribution in [-0.2, 0) is 17.8 Å². The molecule has 1 spiro atoms. The van der Waals surface area contributed by atoms with Gasteiger partial charge in [0.2, 0.25) is 5.91 Å². The van der Waals surface area contributed by atoms with E-state index in [0.717, 1.165) is 57.1 Å². The monoisotopic (exact) mass is 366 g/mol. The molecule has 144 valence electrons. The molecule has 0 bridgehead atoms. The number of hydrogen-bond acceptors (Lipinski definition) is 3. The first-order chi connectivity index (χ1) is 13.1. The second-order valence-electron chi connectivity index (χ2n) is 8.38. The highest BCUT2D eigenvalue weighted by atomic mass is 16.3. The van der Waals surface area contributed by atoms with E-state index in [1.807, 2.05) is 19.1 Å². The molecular weight excluding hydrogens is 336 g/mol. The number of carbonyl (C=O) groups is 1. The SMILES string of the molecule is Cc1ccc(CN2CCC[C@]3(CCC(=O)N(CCc4ccccc4)C3)C2)o1. The van der Waals surface area contributed by atoms with Gasteiger partial charge in [0.25, 0.3) is 0 Å². The van der Waals surface area contributed by atoms with E-state index < -0.39 is 0 Å². The Morgan fingerprint density at radius 2 is 1.93 bits per heavy atom. The Morgan fingerprint density at radius 1 is 1.07 bits per heavy atom. The fourth-order valence-corrected chi connectivity index (χ4v) is 4.78. The van der Waals surface area contributed by atoms with Gasteiger partial charge in [0, 0.05) is 31.5 Å². The van der Waals surface area contributed by atoms with Crippen LogP contribution in [0.4, 0.5) is 0 Å². The van der Waals surface area contributed by atoms with Gasteiger partial charge in [-0.05, 0) is 56.8 Å². The smallest absolute Gasteiger partial charge is 0.222 e. The molecule has 4 heteroatoms. The first-order valence-electron chi connectivity index (χ1n) is 10.2. The van der Waals surface area contributed by atoms with Gasteiger partial charge in [-0.25, -0.2) is 0 Å². The highest BCUT2D eigenvalue weighted by Gasteiger charge is 2.41. The average molecular weight is 367 g/mol. The lowest BCUT2D eigenvalue weighted by Gasteiger charge is -2.48. The number of likely N-dealkylation sites (tertiary alicyclic amines) is 2. The highest BCUT2D eigenvalue weighted by molar-refractivity contribution is 5.77. The van der Waals surface area contributed by atoms with E-state index in [4.69, 9.17) is 4.42 Å². The molecule has 0 aliphatic carbocycles. The van der Waals surface area contributed by atoms with Crippen molar-refractivity contribution in [3.63, 3.8) is 0 Å². The van der Waals surface area contributed by atoms with Crippen molar-refractivity contribution >= 4 is 5.91 Å². The van der Waals surface area contributed by atoms with Crippen molar-refractivity contribution in [2.45, 2.75) is 45.6 Å². The van der Waals surface area contributed by atoms with Crippen molar-refractivity contribution in [3.05, 3.63) is 59.5 Å². The number of aryl methyl sites for hydroxylation is 1. The quantitative estimate of drug-likeness (QED) is 0.801. The zero-order chi connectivity index (χ0) is 18.7. The lowest BCUT2D eigenvalue weighted by Crippen LogP contribution is -2.54. The summed E-state index contributed by atoms with van der Waals surface area (Å²) in [5.41, 5.74) is 1.56. The van der Waals surface area contributed by atoms with E-state index in [0.29, 0.717) is 12.3 Å². The molecule has 4 nitrogen and oxygen atoms in total. The summed E-state index contributed by atoms with van der Waals surface area (Å²) in [5.74, 6) is 2.36. The molecular formula is C23H30N2O2. The second kappa shape index (κ2) is 7.89. The summed E-state index contributed by atoms with van der Waals surface area (Å²) in [4.78, 5) is 17.2. The Hall–Kier alpha value is -2.07. The molecule has 0 saturated carbocycles. The van der Waals surface area contributed by atoms with Gasteiger partial charge in [-0.1, -0.05) is 30.3 Å². The van der Waals surface area contributed by atoms with E-state index in [-0.39, 0.29) is 5.41 Å². The minimum atomic E-state index is 0.254. The van der Waals surface area contributed by atoms with E-state index in [2.05, 4.69) is 40.1 Å². The predicted octanol–water partition coefficient (Wildman–Crippen LogP) is 4.04. The zero-order valence-electron chi connectivity index (χ0n) is 16.3. The third-order valence-corrected chi connectivity index (χ3v) is 6.18. The van der Waals surface area contributed by atoms with Crippen molar-refractivity contribution in [3.8, 4) is 0 Å². The van der Waals surface area contributed by atoms with E-state index in [9.17, 15) is 4.79 Å². The third-order valence-electron chi connectivity index (χ3n) is 6.18. The first-order valence-corrected chi connectivity index (χ1v) is 10.2. The fourth-order valence-electron chi connectivity index (χ4n) is 4.78. The van der Waals surface area contributed by atoms with Gasteiger partial charge in [-0.3, -0.25) is 9.69 Å². The van der Waals surface area contributed by atoms with Crippen LogP contribution in [0.25, 0.3) is 0 Å². The summed E-state index contributed by atoms with van der Waals surface area (Å²) in [6, 6.07) is 14.6. The molecule has 1 amide bonds. The minimum absolute atomic E-state index is 0.254. The Bertz CT molecular complexity index is 770. The molecule has 0 N–H and O–H groups in total. The molecule has 3 heterocycles. The first kappa shape index (κ1) is 18.3. The minimum Gasteiger partial charge on any atom is -0.465 e. The van der Waals surface area contributed by atoms with Crippen molar-refractivity contribution in [1.82, 2.24) is 9.80 Å². The van der Waals surface area contributed by atoms with Crippen LogP contribution >= 0.6 is 0 Å². The topological polar surface area (TPSA) is 36.7 Å². The number of rotatable bonds is 5. The van der Waals surface area contributed by atoms with Crippen molar-refractivity contribution in [2.24, 2.45) is 5.41 Å². The van der Waals surface area contributed by atoms with Gasteiger partial charge in [-0.15, -0.1) is 0 Å². The van der Waals surface area contributed by atoms with Crippen LogP contribution in [0.15, 0.2) is 46.9 Å². The summed E-state index contributed by atoms with van der Waals surface area (Å²) in [6.45, 7) is 6.82. The number of hydrogen-bond donors (Lipinski definition) is 0. The van der Waals surface area contributed by atoms with E-state index in [1.165, 1.54) is 18.4 Å². The summed E-state index contributed by atoms with van der Waals surface area (Å²) < 4.78 is 5.78. The van der Waals surface area contributed by atoms with Gasteiger partial charge in [0.05, 0.1) is 6.54 Å². The maximum Gasteiger partial charge on any atom is 0.222 e. The van der Waals surface area contributed by atoms with Crippen molar-refractivity contribution in [1.29, 1.82) is 0 Å². The molecule has 0 unspecified atom stereocenters. The predicted molar refractivity (Wildman–Crippen MR) is 106 cm³/mol. The number of amides is 1. The number of carbonyl (C=O) groups excluding carboxylic acids is 1. The highest BCUT2D eigenvalue weighted by Crippen LogP contribution is 2.39. The lowest BCUT2D eigenvalue weighted by molar-refractivity contribution is -0.139. The molecule has 2 aromatic rings. The second-order valence-corrected chi connectivity index (χ2v) is 8.38. The molecule has 2 aliphatic heterocycles. The Labute approximate surface area is 162 Å². The number of benzene rings is 1. The Kier molecular flexibility index (Phi) is 5.35. The molecule has 0 radical (unpaired) electrons. The average Bonchev–Trinajstić information content (AvgIpc) is 3.08. The lowest BCUT2D eigenvalue weighted by atomic mass is 9.73. The largest absolute Gasteiger partial charge is 0.465 e. The van der Waals surface area contributed by atoms with Crippen LogP contribution in [0.1, 0.15) is 42.8 Å². The molecule has 1 aromatic heterocycles. The molecule has 2 aliphatic rings. The van der Waals surface area contributed by atoms with Gasteiger partial charge in [-0.2, -0.15) is 0 Å².